The maximum atomic E-state index is 12.5. The molecule has 1 aromatic heterocycles. The summed E-state index contributed by atoms with van der Waals surface area (Å²) < 4.78 is 37.4. The van der Waals surface area contributed by atoms with E-state index in [1.165, 1.54) is 6.08 Å². The van der Waals surface area contributed by atoms with Gasteiger partial charge in [0.2, 0.25) is 0 Å². The number of hydrogen-bond acceptors (Lipinski definition) is 2. The molecule has 1 heterocycles. The lowest BCUT2D eigenvalue weighted by atomic mass is 10.1. The molecule has 2 aromatic rings. The van der Waals surface area contributed by atoms with E-state index < -0.39 is 11.7 Å². The highest BCUT2D eigenvalue weighted by molar-refractivity contribution is 6.32. The summed E-state index contributed by atoms with van der Waals surface area (Å²) in [5, 5.41) is 8.60. The third kappa shape index (κ3) is 3.83. The number of pyridine rings is 1. The van der Waals surface area contributed by atoms with E-state index in [1.807, 2.05) is 6.07 Å². The topological polar surface area (TPSA) is 36.7 Å². The second-order valence-electron chi connectivity index (χ2n) is 4.16. The Morgan fingerprint density at radius 2 is 1.81 bits per heavy atom. The number of nitriles is 1. The van der Waals surface area contributed by atoms with E-state index in [9.17, 15) is 13.2 Å². The molecule has 0 unspecified atom stereocenters. The summed E-state index contributed by atoms with van der Waals surface area (Å²) in [5.74, 6) is 0. The molecule has 0 bridgehead atoms. The van der Waals surface area contributed by atoms with Crippen LogP contribution in [0.25, 0.3) is 12.2 Å². The lowest BCUT2D eigenvalue weighted by Crippen LogP contribution is -2.05. The Kier molecular flexibility index (Phi) is 4.29. The molecule has 0 saturated carbocycles. The van der Waals surface area contributed by atoms with Gasteiger partial charge in [-0.2, -0.15) is 18.4 Å². The molecule has 0 saturated heterocycles. The Morgan fingerprint density at radius 1 is 1.14 bits per heavy atom. The first kappa shape index (κ1) is 15.1. The molecule has 0 N–H and O–H groups in total. The zero-order valence-electron chi connectivity index (χ0n) is 10.5. The predicted molar refractivity (Wildman–Crippen MR) is 74.3 cm³/mol. The molecule has 0 aliphatic rings. The third-order valence-corrected chi connectivity index (χ3v) is 2.97. The van der Waals surface area contributed by atoms with Crippen LogP contribution in [0.15, 0.2) is 36.5 Å². The number of hydrogen-bond donors (Lipinski definition) is 0. The van der Waals surface area contributed by atoms with Gasteiger partial charge in [-0.3, -0.25) is 4.98 Å². The molecule has 0 aliphatic heterocycles. The Hall–Kier alpha value is -2.32. The number of benzene rings is 1. The maximum Gasteiger partial charge on any atom is 0.417 e. The van der Waals surface area contributed by atoms with Gasteiger partial charge >= 0.3 is 6.18 Å². The second kappa shape index (κ2) is 5.98. The quantitative estimate of drug-likeness (QED) is 0.799. The minimum atomic E-state index is -4.47. The number of halogens is 4. The molecule has 0 fully saturated rings. The van der Waals surface area contributed by atoms with E-state index in [-0.39, 0.29) is 10.7 Å². The van der Waals surface area contributed by atoms with Crippen molar-refractivity contribution in [3.8, 4) is 6.07 Å². The molecule has 106 valence electrons. The van der Waals surface area contributed by atoms with Crippen molar-refractivity contribution in [2.24, 2.45) is 0 Å². The highest BCUT2D eigenvalue weighted by Gasteiger charge is 2.31. The molecular formula is C15H8ClF3N2. The van der Waals surface area contributed by atoms with E-state index in [1.54, 1.807) is 30.3 Å². The SMILES string of the molecule is N#Cc1ccc(/C=C/c2ncc(C(F)(F)F)cc2Cl)cc1. The van der Waals surface area contributed by atoms with Crippen molar-refractivity contribution in [3.63, 3.8) is 0 Å². The summed E-state index contributed by atoms with van der Waals surface area (Å²) >= 11 is 5.79. The van der Waals surface area contributed by atoms with Gasteiger partial charge in [-0.25, -0.2) is 0 Å². The minimum Gasteiger partial charge on any atom is -0.255 e. The normalized spacial score (nSPS) is 11.6. The van der Waals surface area contributed by atoms with Crippen LogP contribution >= 0.6 is 11.6 Å². The molecule has 6 heteroatoms. The molecule has 2 rings (SSSR count). The molecule has 21 heavy (non-hydrogen) atoms. The third-order valence-electron chi connectivity index (χ3n) is 2.67. The number of nitrogens with zero attached hydrogens (tertiary/aromatic N) is 2. The van der Waals surface area contributed by atoms with Crippen molar-refractivity contribution in [1.29, 1.82) is 5.26 Å². The van der Waals surface area contributed by atoms with Gasteiger partial charge in [0.1, 0.15) is 0 Å². The summed E-state index contributed by atoms with van der Waals surface area (Å²) in [7, 11) is 0. The van der Waals surface area contributed by atoms with Gasteiger partial charge in [-0.1, -0.05) is 29.8 Å². The Balaban J connectivity index is 2.23. The van der Waals surface area contributed by atoms with Crippen LogP contribution in [-0.2, 0) is 6.18 Å². The summed E-state index contributed by atoms with van der Waals surface area (Å²) in [4.78, 5) is 3.70. The van der Waals surface area contributed by atoms with Crippen LogP contribution in [-0.4, -0.2) is 4.98 Å². The monoisotopic (exact) mass is 308 g/mol. The van der Waals surface area contributed by atoms with Crippen molar-refractivity contribution >= 4 is 23.8 Å². The average Bonchev–Trinajstić information content (AvgIpc) is 2.45. The Bertz CT molecular complexity index is 713. The van der Waals surface area contributed by atoms with E-state index in [0.717, 1.165) is 17.8 Å². The van der Waals surface area contributed by atoms with Crippen molar-refractivity contribution < 1.29 is 13.2 Å². The van der Waals surface area contributed by atoms with Crippen LogP contribution in [0, 0.1) is 11.3 Å². The zero-order chi connectivity index (χ0) is 15.5. The van der Waals surface area contributed by atoms with E-state index in [4.69, 9.17) is 16.9 Å². The van der Waals surface area contributed by atoms with Crippen molar-refractivity contribution in [2.45, 2.75) is 6.18 Å². The highest BCUT2D eigenvalue weighted by Crippen LogP contribution is 2.31. The smallest absolute Gasteiger partial charge is 0.255 e. The van der Waals surface area contributed by atoms with Gasteiger partial charge in [-0.15, -0.1) is 0 Å². The van der Waals surface area contributed by atoms with Crippen LogP contribution in [0.4, 0.5) is 13.2 Å². The number of aromatic nitrogens is 1. The summed E-state index contributed by atoms with van der Waals surface area (Å²) in [6.45, 7) is 0. The number of alkyl halides is 3. The largest absolute Gasteiger partial charge is 0.417 e. The molecule has 0 atom stereocenters. The molecule has 1 aromatic carbocycles. The van der Waals surface area contributed by atoms with E-state index in [0.29, 0.717) is 5.56 Å². The van der Waals surface area contributed by atoms with Gasteiger partial charge in [-0.05, 0) is 29.8 Å². The fourth-order valence-electron chi connectivity index (χ4n) is 1.57. The van der Waals surface area contributed by atoms with Crippen LogP contribution in [0.3, 0.4) is 0 Å². The molecule has 0 radical (unpaired) electrons. The van der Waals surface area contributed by atoms with Gasteiger partial charge in [0.15, 0.2) is 0 Å². The van der Waals surface area contributed by atoms with Crippen molar-refractivity contribution in [3.05, 3.63) is 63.9 Å². The van der Waals surface area contributed by atoms with Crippen LogP contribution in [0.2, 0.25) is 5.02 Å². The zero-order valence-corrected chi connectivity index (χ0v) is 11.3. The van der Waals surface area contributed by atoms with Crippen molar-refractivity contribution in [1.82, 2.24) is 4.98 Å². The van der Waals surface area contributed by atoms with Gasteiger partial charge < -0.3 is 0 Å². The summed E-state index contributed by atoms with van der Waals surface area (Å²) in [6.07, 6.45) is -0.553. The van der Waals surface area contributed by atoms with Crippen LogP contribution in [0.1, 0.15) is 22.4 Å². The van der Waals surface area contributed by atoms with Gasteiger partial charge in [0.25, 0.3) is 0 Å². The molecule has 0 amide bonds. The molecular weight excluding hydrogens is 301 g/mol. The second-order valence-corrected chi connectivity index (χ2v) is 4.56. The summed E-state index contributed by atoms with van der Waals surface area (Å²) in [5.41, 5.74) is 0.668. The van der Waals surface area contributed by atoms with E-state index >= 15 is 0 Å². The van der Waals surface area contributed by atoms with Crippen molar-refractivity contribution in [2.75, 3.05) is 0 Å². The fourth-order valence-corrected chi connectivity index (χ4v) is 1.80. The van der Waals surface area contributed by atoms with Gasteiger partial charge in [0, 0.05) is 6.20 Å². The first-order chi connectivity index (χ1) is 9.90. The lowest BCUT2D eigenvalue weighted by Gasteiger charge is -2.07. The Labute approximate surface area is 124 Å². The molecule has 2 nitrogen and oxygen atoms in total. The maximum absolute atomic E-state index is 12.5. The first-order valence-corrected chi connectivity index (χ1v) is 6.19. The van der Waals surface area contributed by atoms with Crippen LogP contribution in [0.5, 0.6) is 0 Å². The average molecular weight is 309 g/mol. The lowest BCUT2D eigenvalue weighted by molar-refractivity contribution is -0.137. The molecule has 0 aliphatic carbocycles. The highest BCUT2D eigenvalue weighted by atomic mass is 35.5. The minimum absolute atomic E-state index is 0.0743. The standard InChI is InChI=1S/C15H8ClF3N2/c16-13-7-12(15(17,18)19)9-21-14(13)6-5-10-1-3-11(8-20)4-2-10/h1-7,9H/b6-5+. The number of rotatable bonds is 2. The van der Waals surface area contributed by atoms with E-state index in [2.05, 4.69) is 4.98 Å². The first-order valence-electron chi connectivity index (χ1n) is 5.81. The van der Waals surface area contributed by atoms with Gasteiger partial charge in [0.05, 0.1) is 27.9 Å². The predicted octanol–water partition coefficient (Wildman–Crippen LogP) is 4.80. The fraction of sp³-hybridized carbons (Fsp3) is 0.0667. The Morgan fingerprint density at radius 3 is 2.33 bits per heavy atom. The summed E-state index contributed by atoms with van der Waals surface area (Å²) in [6, 6.07) is 9.54. The van der Waals surface area contributed by atoms with Crippen LogP contribution < -0.4 is 0 Å². The molecule has 0 spiro atoms.